The molecule has 0 saturated heterocycles. The number of rotatable bonds is 2. The molecule has 3 rings (SSSR count). The van der Waals surface area contributed by atoms with Gasteiger partial charge >= 0.3 is 5.97 Å². The van der Waals surface area contributed by atoms with Gasteiger partial charge in [-0.1, -0.05) is 18.2 Å². The lowest BCUT2D eigenvalue weighted by Gasteiger charge is -2.12. The summed E-state index contributed by atoms with van der Waals surface area (Å²) in [6.07, 6.45) is 1.70. The third-order valence-corrected chi connectivity index (χ3v) is 3.58. The number of ether oxygens (including phenoxy) is 1. The van der Waals surface area contributed by atoms with Crippen molar-refractivity contribution in [1.82, 2.24) is 0 Å². The van der Waals surface area contributed by atoms with Crippen molar-refractivity contribution in [1.29, 1.82) is 0 Å². The van der Waals surface area contributed by atoms with Gasteiger partial charge in [-0.3, -0.25) is 4.79 Å². The first-order valence-corrected chi connectivity index (χ1v) is 5.76. The molecule has 0 N–H and O–H groups in total. The summed E-state index contributed by atoms with van der Waals surface area (Å²) >= 11 is 0. The predicted molar refractivity (Wildman–Crippen MR) is 63.9 cm³/mol. The first kappa shape index (κ1) is 10.4. The number of hydrogen-bond donors (Lipinski definition) is 0. The molecule has 0 amide bonds. The van der Waals surface area contributed by atoms with Crippen LogP contribution in [-0.4, -0.2) is 13.1 Å². The molecule has 88 valence electrons. The average molecular weight is 230 g/mol. The van der Waals surface area contributed by atoms with E-state index in [2.05, 4.69) is 0 Å². The van der Waals surface area contributed by atoms with Crippen molar-refractivity contribution >= 4 is 16.9 Å². The molecular weight excluding hydrogens is 216 g/mol. The number of fused-ring (bicyclic) bond motifs is 1. The molecule has 17 heavy (non-hydrogen) atoms. The Morgan fingerprint density at radius 1 is 1.35 bits per heavy atom. The number of furan rings is 1. The summed E-state index contributed by atoms with van der Waals surface area (Å²) in [4.78, 5) is 11.9. The monoisotopic (exact) mass is 230 g/mol. The Morgan fingerprint density at radius 3 is 2.71 bits per heavy atom. The zero-order valence-corrected chi connectivity index (χ0v) is 9.95. The molecule has 1 aromatic carbocycles. The molecule has 1 aliphatic rings. The summed E-state index contributed by atoms with van der Waals surface area (Å²) in [5.74, 6) is 0.682. The smallest absolute Gasteiger partial charge is 0.316 e. The standard InChI is InChI=1S/C14H14O3/c1-9-12(14(7-8-14)13(15)16-2)10-5-3-4-6-11(10)17-9/h3-6H,7-8H2,1-2H3. The van der Waals surface area contributed by atoms with E-state index >= 15 is 0 Å². The van der Waals surface area contributed by atoms with Crippen LogP contribution in [0.4, 0.5) is 0 Å². The van der Waals surface area contributed by atoms with Crippen LogP contribution in [0.5, 0.6) is 0 Å². The van der Waals surface area contributed by atoms with Gasteiger partial charge in [-0.2, -0.15) is 0 Å². The molecule has 3 nitrogen and oxygen atoms in total. The van der Waals surface area contributed by atoms with E-state index in [1.54, 1.807) is 0 Å². The number of carbonyl (C=O) groups excluding carboxylic acids is 1. The second-order valence-electron chi connectivity index (χ2n) is 4.60. The van der Waals surface area contributed by atoms with E-state index < -0.39 is 5.41 Å². The highest BCUT2D eigenvalue weighted by Gasteiger charge is 2.55. The van der Waals surface area contributed by atoms with Crippen LogP contribution in [0.15, 0.2) is 28.7 Å². The molecular formula is C14H14O3. The van der Waals surface area contributed by atoms with Gasteiger partial charge in [-0.25, -0.2) is 0 Å². The molecule has 1 heterocycles. The maximum absolute atomic E-state index is 11.9. The summed E-state index contributed by atoms with van der Waals surface area (Å²) in [6.45, 7) is 1.92. The van der Waals surface area contributed by atoms with E-state index in [0.717, 1.165) is 35.1 Å². The summed E-state index contributed by atoms with van der Waals surface area (Å²) in [5, 5.41) is 1.04. The lowest BCUT2D eigenvalue weighted by atomic mass is 9.93. The van der Waals surface area contributed by atoms with E-state index in [4.69, 9.17) is 9.15 Å². The van der Waals surface area contributed by atoms with Crippen molar-refractivity contribution in [2.75, 3.05) is 7.11 Å². The molecule has 1 fully saturated rings. The Labute approximate surface area is 99.4 Å². The number of methoxy groups -OCH3 is 1. The van der Waals surface area contributed by atoms with Crippen molar-refractivity contribution in [3.05, 3.63) is 35.6 Å². The molecule has 0 atom stereocenters. The Kier molecular flexibility index (Phi) is 2.05. The highest BCUT2D eigenvalue weighted by molar-refractivity contribution is 5.95. The number of aryl methyl sites for hydroxylation is 1. The highest BCUT2D eigenvalue weighted by atomic mass is 16.5. The number of para-hydroxylation sites is 1. The minimum Gasteiger partial charge on any atom is -0.468 e. The van der Waals surface area contributed by atoms with E-state index in [1.807, 2.05) is 31.2 Å². The van der Waals surface area contributed by atoms with Crippen molar-refractivity contribution in [2.45, 2.75) is 25.2 Å². The maximum atomic E-state index is 11.9. The summed E-state index contributed by atoms with van der Waals surface area (Å²) in [6, 6.07) is 7.84. The van der Waals surface area contributed by atoms with Crippen LogP contribution in [0, 0.1) is 6.92 Å². The van der Waals surface area contributed by atoms with Crippen molar-refractivity contribution in [2.24, 2.45) is 0 Å². The van der Waals surface area contributed by atoms with Gasteiger partial charge in [0.1, 0.15) is 11.3 Å². The number of carbonyl (C=O) groups is 1. The topological polar surface area (TPSA) is 39.4 Å². The minimum atomic E-state index is -0.453. The summed E-state index contributed by atoms with van der Waals surface area (Å²) in [5.41, 5.74) is 1.40. The number of hydrogen-bond acceptors (Lipinski definition) is 3. The molecule has 0 aliphatic heterocycles. The van der Waals surface area contributed by atoms with Crippen LogP contribution in [0.2, 0.25) is 0 Å². The molecule has 0 spiro atoms. The number of esters is 1. The quantitative estimate of drug-likeness (QED) is 0.744. The summed E-state index contributed by atoms with van der Waals surface area (Å²) in [7, 11) is 1.44. The van der Waals surface area contributed by atoms with Crippen LogP contribution in [0.25, 0.3) is 11.0 Å². The van der Waals surface area contributed by atoms with Gasteiger partial charge in [0.05, 0.1) is 12.5 Å². The third-order valence-electron chi connectivity index (χ3n) is 3.58. The molecule has 0 unspecified atom stereocenters. The first-order valence-electron chi connectivity index (χ1n) is 5.76. The van der Waals surface area contributed by atoms with Crippen LogP contribution >= 0.6 is 0 Å². The highest BCUT2D eigenvalue weighted by Crippen LogP contribution is 2.53. The largest absolute Gasteiger partial charge is 0.468 e. The molecule has 1 aliphatic carbocycles. The number of benzene rings is 1. The van der Waals surface area contributed by atoms with E-state index in [-0.39, 0.29) is 5.97 Å². The van der Waals surface area contributed by atoms with E-state index in [9.17, 15) is 4.79 Å². The van der Waals surface area contributed by atoms with Crippen LogP contribution in [0.3, 0.4) is 0 Å². The molecule has 3 heteroatoms. The second-order valence-corrected chi connectivity index (χ2v) is 4.60. The van der Waals surface area contributed by atoms with Gasteiger partial charge in [-0.05, 0) is 25.8 Å². The average Bonchev–Trinajstić information content (AvgIpc) is 3.06. The van der Waals surface area contributed by atoms with Crippen molar-refractivity contribution in [3.63, 3.8) is 0 Å². The minimum absolute atomic E-state index is 0.146. The molecule has 0 radical (unpaired) electrons. The fourth-order valence-electron chi connectivity index (χ4n) is 2.64. The van der Waals surface area contributed by atoms with Crippen LogP contribution in [0.1, 0.15) is 24.2 Å². The molecule has 2 aromatic rings. The molecule has 0 bridgehead atoms. The Hall–Kier alpha value is -1.77. The van der Waals surface area contributed by atoms with Gasteiger partial charge in [0.2, 0.25) is 0 Å². The zero-order chi connectivity index (χ0) is 12.0. The fraction of sp³-hybridized carbons (Fsp3) is 0.357. The second kappa shape index (κ2) is 3.36. The van der Waals surface area contributed by atoms with Crippen molar-refractivity contribution < 1.29 is 13.9 Å². The lowest BCUT2D eigenvalue weighted by molar-refractivity contribution is -0.143. The zero-order valence-electron chi connectivity index (χ0n) is 9.95. The normalized spacial score (nSPS) is 17.1. The Balaban J connectivity index is 2.24. The van der Waals surface area contributed by atoms with E-state index in [1.165, 1.54) is 7.11 Å². The van der Waals surface area contributed by atoms with Gasteiger partial charge in [0.15, 0.2) is 0 Å². The molecule has 1 aromatic heterocycles. The maximum Gasteiger partial charge on any atom is 0.316 e. The Bertz CT molecular complexity index is 591. The van der Waals surface area contributed by atoms with E-state index in [0.29, 0.717) is 0 Å². The van der Waals surface area contributed by atoms with Gasteiger partial charge in [-0.15, -0.1) is 0 Å². The predicted octanol–water partition coefficient (Wildman–Crippen LogP) is 2.95. The van der Waals surface area contributed by atoms with Crippen LogP contribution < -0.4 is 0 Å². The van der Waals surface area contributed by atoms with Gasteiger partial charge in [0, 0.05) is 10.9 Å². The SMILES string of the molecule is COC(=O)C1(c2c(C)oc3ccccc23)CC1. The molecule has 1 saturated carbocycles. The van der Waals surface area contributed by atoms with Crippen molar-refractivity contribution in [3.8, 4) is 0 Å². The Morgan fingerprint density at radius 2 is 2.06 bits per heavy atom. The first-order chi connectivity index (χ1) is 8.19. The van der Waals surface area contributed by atoms with Gasteiger partial charge in [0.25, 0.3) is 0 Å². The summed E-state index contributed by atoms with van der Waals surface area (Å²) < 4.78 is 10.6. The lowest BCUT2D eigenvalue weighted by Crippen LogP contribution is -2.22. The fourth-order valence-corrected chi connectivity index (χ4v) is 2.64. The van der Waals surface area contributed by atoms with Crippen LogP contribution in [-0.2, 0) is 14.9 Å². The van der Waals surface area contributed by atoms with Gasteiger partial charge < -0.3 is 9.15 Å². The third kappa shape index (κ3) is 1.32.